The molecule has 6 heteroatoms. The maximum atomic E-state index is 14.9. The molecule has 0 N–H and O–H groups in total. The van der Waals surface area contributed by atoms with Crippen LogP contribution < -0.4 is 0 Å². The van der Waals surface area contributed by atoms with Crippen LogP contribution in [0.1, 0.15) is 30.5 Å². The molecule has 1 aliphatic rings. The lowest BCUT2D eigenvalue weighted by Crippen LogP contribution is -2.45. The monoisotopic (exact) mass is 343 g/mol. The zero-order chi connectivity index (χ0) is 18.0. The lowest BCUT2D eigenvalue weighted by Gasteiger charge is -2.37. The molecule has 0 spiro atoms. The highest BCUT2D eigenvalue weighted by Gasteiger charge is 2.54. The highest BCUT2D eigenvalue weighted by atomic mass is 19.3. The fourth-order valence-electron chi connectivity index (χ4n) is 3.27. The Labute approximate surface area is 142 Å². The average molecular weight is 343 g/mol. The standard InChI is InChI=1S/C19H16F3N3/c1-11-6-4-9-14-16(11)23-10-25(14)17-12-7-5-8-13(20)15(12)19(21,22)18(2,3)24-17/h4-10H,1-3H3. The number of hydrogen-bond acceptors (Lipinski definition) is 2. The third-order valence-electron chi connectivity index (χ3n) is 4.73. The van der Waals surface area contributed by atoms with Crippen molar-refractivity contribution >= 4 is 16.9 Å². The van der Waals surface area contributed by atoms with E-state index < -0.39 is 22.8 Å². The molecule has 1 aliphatic heterocycles. The van der Waals surface area contributed by atoms with Crippen LogP contribution in [0.2, 0.25) is 0 Å². The molecule has 4 rings (SSSR count). The van der Waals surface area contributed by atoms with Crippen molar-refractivity contribution in [2.75, 3.05) is 0 Å². The molecule has 3 aromatic rings. The number of aliphatic imine (C=N–C) groups is 1. The number of benzene rings is 2. The van der Waals surface area contributed by atoms with Crippen LogP contribution >= 0.6 is 0 Å². The number of para-hydroxylation sites is 1. The third-order valence-corrected chi connectivity index (χ3v) is 4.73. The summed E-state index contributed by atoms with van der Waals surface area (Å²) in [5.74, 6) is -4.06. The number of alkyl halides is 2. The van der Waals surface area contributed by atoms with Crippen molar-refractivity contribution in [3.63, 3.8) is 0 Å². The third kappa shape index (κ3) is 2.06. The predicted octanol–water partition coefficient (Wildman–Crippen LogP) is 4.66. The van der Waals surface area contributed by atoms with Crippen LogP contribution in [-0.2, 0) is 5.92 Å². The SMILES string of the molecule is Cc1cccc2c1ncn2C1=NC(C)(C)C(F)(F)c2c(F)cccc21. The molecule has 0 fully saturated rings. The molecule has 25 heavy (non-hydrogen) atoms. The van der Waals surface area contributed by atoms with Crippen molar-refractivity contribution in [1.82, 2.24) is 9.55 Å². The quantitative estimate of drug-likeness (QED) is 0.584. The number of fused-ring (bicyclic) bond motifs is 2. The average Bonchev–Trinajstić information content (AvgIpc) is 2.96. The molecule has 0 amide bonds. The molecule has 1 aromatic heterocycles. The molecule has 3 nitrogen and oxygen atoms in total. The van der Waals surface area contributed by atoms with E-state index in [1.165, 1.54) is 26.0 Å². The van der Waals surface area contributed by atoms with E-state index in [2.05, 4.69) is 9.98 Å². The summed E-state index contributed by atoms with van der Waals surface area (Å²) in [6, 6.07) is 9.59. The van der Waals surface area contributed by atoms with E-state index in [1.54, 1.807) is 10.9 Å². The van der Waals surface area contributed by atoms with Crippen molar-refractivity contribution < 1.29 is 13.2 Å². The van der Waals surface area contributed by atoms with Gasteiger partial charge in [-0.1, -0.05) is 24.3 Å². The molecule has 0 radical (unpaired) electrons. The van der Waals surface area contributed by atoms with Gasteiger partial charge in [0, 0.05) is 5.56 Å². The summed E-state index contributed by atoms with van der Waals surface area (Å²) in [7, 11) is 0. The first-order valence-electron chi connectivity index (χ1n) is 7.94. The van der Waals surface area contributed by atoms with Crippen LogP contribution in [0.5, 0.6) is 0 Å². The normalized spacial score (nSPS) is 18.1. The minimum atomic E-state index is -3.41. The van der Waals surface area contributed by atoms with Gasteiger partial charge in [-0.3, -0.25) is 9.56 Å². The topological polar surface area (TPSA) is 30.2 Å². The number of aryl methyl sites for hydroxylation is 1. The van der Waals surface area contributed by atoms with E-state index in [1.807, 2.05) is 25.1 Å². The van der Waals surface area contributed by atoms with E-state index in [9.17, 15) is 13.2 Å². The first-order chi connectivity index (χ1) is 11.7. The Kier molecular flexibility index (Phi) is 3.14. The van der Waals surface area contributed by atoms with E-state index >= 15 is 0 Å². The zero-order valence-corrected chi connectivity index (χ0v) is 14.0. The lowest BCUT2D eigenvalue weighted by molar-refractivity contribution is -0.0712. The molecular weight excluding hydrogens is 327 g/mol. The molecule has 0 atom stereocenters. The Morgan fingerprint density at radius 1 is 1.04 bits per heavy atom. The lowest BCUT2D eigenvalue weighted by atomic mass is 9.84. The van der Waals surface area contributed by atoms with Crippen LogP contribution in [0.4, 0.5) is 13.2 Å². The number of aromatic nitrogens is 2. The fraction of sp³-hybridized carbons (Fsp3) is 0.263. The minimum absolute atomic E-state index is 0.0881. The van der Waals surface area contributed by atoms with E-state index in [-0.39, 0.29) is 11.4 Å². The first-order valence-corrected chi connectivity index (χ1v) is 7.94. The Morgan fingerprint density at radius 2 is 1.76 bits per heavy atom. The van der Waals surface area contributed by atoms with Crippen LogP contribution in [0.25, 0.3) is 11.0 Å². The minimum Gasteiger partial charge on any atom is -0.283 e. The van der Waals surface area contributed by atoms with Crippen molar-refractivity contribution in [3.05, 3.63) is 65.2 Å². The van der Waals surface area contributed by atoms with Crippen LogP contribution in [0.3, 0.4) is 0 Å². The van der Waals surface area contributed by atoms with Crippen LogP contribution in [0, 0.1) is 12.7 Å². The van der Waals surface area contributed by atoms with Gasteiger partial charge in [-0.05, 0) is 38.5 Å². The molecule has 0 saturated carbocycles. The maximum absolute atomic E-state index is 14.9. The Balaban J connectivity index is 2.07. The van der Waals surface area contributed by atoms with Gasteiger partial charge in [-0.2, -0.15) is 8.78 Å². The summed E-state index contributed by atoms with van der Waals surface area (Å²) in [5, 5.41) is 0. The van der Waals surface area contributed by atoms with E-state index in [0.717, 1.165) is 22.7 Å². The highest BCUT2D eigenvalue weighted by Crippen LogP contribution is 2.47. The van der Waals surface area contributed by atoms with E-state index in [4.69, 9.17) is 0 Å². The molecule has 2 heterocycles. The summed E-state index contributed by atoms with van der Waals surface area (Å²) < 4.78 is 45.7. The number of hydrogen-bond donors (Lipinski definition) is 0. The maximum Gasteiger partial charge on any atom is 0.300 e. The van der Waals surface area contributed by atoms with Crippen molar-refractivity contribution in [1.29, 1.82) is 0 Å². The van der Waals surface area contributed by atoms with Gasteiger partial charge in [0.1, 0.15) is 23.5 Å². The van der Waals surface area contributed by atoms with Gasteiger partial charge in [-0.25, -0.2) is 9.37 Å². The van der Waals surface area contributed by atoms with E-state index in [0.29, 0.717) is 0 Å². The molecule has 0 saturated heterocycles. The summed E-state index contributed by atoms with van der Waals surface area (Å²) in [5.41, 5.74) is 0.174. The van der Waals surface area contributed by atoms with Gasteiger partial charge in [0.05, 0.1) is 16.6 Å². The Bertz CT molecular complexity index is 1030. The highest BCUT2D eigenvalue weighted by molar-refractivity contribution is 6.07. The molecule has 0 bridgehead atoms. The van der Waals surface area contributed by atoms with Gasteiger partial charge < -0.3 is 0 Å². The molecule has 128 valence electrons. The number of imidazole rings is 1. The Morgan fingerprint density at radius 3 is 2.52 bits per heavy atom. The predicted molar refractivity (Wildman–Crippen MR) is 90.8 cm³/mol. The van der Waals surface area contributed by atoms with Gasteiger partial charge in [-0.15, -0.1) is 0 Å². The van der Waals surface area contributed by atoms with Crippen molar-refractivity contribution in [3.8, 4) is 0 Å². The van der Waals surface area contributed by atoms with Gasteiger partial charge in [0.2, 0.25) is 0 Å². The zero-order valence-electron chi connectivity index (χ0n) is 14.0. The van der Waals surface area contributed by atoms with Crippen LogP contribution in [-0.4, -0.2) is 20.9 Å². The van der Waals surface area contributed by atoms with Crippen molar-refractivity contribution in [2.45, 2.75) is 32.2 Å². The summed E-state index contributed by atoms with van der Waals surface area (Å²) in [6.45, 7) is 4.55. The van der Waals surface area contributed by atoms with Crippen molar-refractivity contribution in [2.24, 2.45) is 4.99 Å². The summed E-state index contributed by atoms with van der Waals surface area (Å²) in [4.78, 5) is 8.67. The molecule has 0 aliphatic carbocycles. The van der Waals surface area contributed by atoms with Gasteiger partial charge >= 0.3 is 5.92 Å². The largest absolute Gasteiger partial charge is 0.300 e. The van der Waals surface area contributed by atoms with Gasteiger partial charge in [0.15, 0.2) is 0 Å². The number of nitrogens with zero attached hydrogens (tertiary/aromatic N) is 3. The number of rotatable bonds is 0. The summed E-state index contributed by atoms with van der Waals surface area (Å²) in [6.07, 6.45) is 1.55. The second-order valence-electron chi connectivity index (χ2n) is 6.79. The molecule has 0 unspecified atom stereocenters. The number of halogens is 3. The first kappa shape index (κ1) is 15.9. The fourth-order valence-corrected chi connectivity index (χ4v) is 3.27. The van der Waals surface area contributed by atoms with Gasteiger partial charge in [0.25, 0.3) is 0 Å². The van der Waals surface area contributed by atoms with Crippen LogP contribution in [0.15, 0.2) is 47.7 Å². The smallest absolute Gasteiger partial charge is 0.283 e. The Hall–Kier alpha value is -2.63. The molecule has 2 aromatic carbocycles. The second kappa shape index (κ2) is 4.94. The summed E-state index contributed by atoms with van der Waals surface area (Å²) >= 11 is 0. The second-order valence-corrected chi connectivity index (χ2v) is 6.79. The molecular formula is C19H16F3N3.